The molecule has 2 aromatic rings. The second-order valence-electron chi connectivity index (χ2n) is 6.68. The average Bonchev–Trinajstić information content (AvgIpc) is 3.24. The second kappa shape index (κ2) is 6.36. The van der Waals surface area contributed by atoms with Crippen LogP contribution in [0.1, 0.15) is 48.3 Å². The summed E-state index contributed by atoms with van der Waals surface area (Å²) >= 11 is 0. The summed E-state index contributed by atoms with van der Waals surface area (Å²) in [4.78, 5) is 12.3. The monoisotopic (exact) mass is 337 g/mol. The molecule has 0 bridgehead atoms. The van der Waals surface area contributed by atoms with Gasteiger partial charge < -0.3 is 10.1 Å². The van der Waals surface area contributed by atoms with E-state index in [1.807, 2.05) is 18.2 Å². The van der Waals surface area contributed by atoms with Crippen molar-refractivity contribution in [3.05, 3.63) is 58.9 Å². The average molecular weight is 337 g/mol. The van der Waals surface area contributed by atoms with Crippen molar-refractivity contribution in [2.45, 2.75) is 31.6 Å². The lowest BCUT2D eigenvalue weighted by molar-refractivity contribution is -0.110. The quantitative estimate of drug-likeness (QED) is 0.802. The Morgan fingerprint density at radius 3 is 2.72 bits per heavy atom. The summed E-state index contributed by atoms with van der Waals surface area (Å²) in [5.41, 5.74) is 3.90. The molecule has 0 spiro atoms. The minimum Gasteiger partial charge on any atom is -0.496 e. The first-order chi connectivity index (χ1) is 12.2. The van der Waals surface area contributed by atoms with Crippen LogP contribution in [0.4, 0.5) is 10.1 Å². The molecular weight excluding hydrogens is 317 g/mol. The molecule has 3 nitrogen and oxygen atoms in total. The molecule has 0 unspecified atom stereocenters. The first-order valence-electron chi connectivity index (χ1n) is 8.66. The Hall–Kier alpha value is -2.62. The molecule has 4 rings (SSSR count). The Bertz CT molecular complexity index is 866. The number of methoxy groups -OCH3 is 1. The van der Waals surface area contributed by atoms with Crippen LogP contribution >= 0.6 is 0 Å². The van der Waals surface area contributed by atoms with Gasteiger partial charge in [-0.3, -0.25) is 4.79 Å². The van der Waals surface area contributed by atoms with Crippen molar-refractivity contribution < 1.29 is 13.9 Å². The smallest absolute Gasteiger partial charge is 0.256 e. The minimum absolute atomic E-state index is 0.196. The molecule has 1 saturated carbocycles. The van der Waals surface area contributed by atoms with Crippen LogP contribution in [0.5, 0.6) is 5.75 Å². The summed E-state index contributed by atoms with van der Waals surface area (Å²) in [6.45, 7) is 0. The van der Waals surface area contributed by atoms with Crippen LogP contribution in [-0.4, -0.2) is 13.0 Å². The Morgan fingerprint density at radius 1 is 1.16 bits per heavy atom. The third-order valence-corrected chi connectivity index (χ3v) is 5.12. The van der Waals surface area contributed by atoms with E-state index >= 15 is 0 Å². The van der Waals surface area contributed by atoms with Crippen LogP contribution in [0.2, 0.25) is 0 Å². The lowest BCUT2D eigenvalue weighted by Gasteiger charge is -2.15. The number of amides is 1. The van der Waals surface area contributed by atoms with Crippen LogP contribution in [0.3, 0.4) is 0 Å². The van der Waals surface area contributed by atoms with Crippen molar-refractivity contribution in [1.29, 1.82) is 0 Å². The molecule has 1 fully saturated rings. The molecule has 0 saturated heterocycles. The number of halogens is 1. The van der Waals surface area contributed by atoms with Crippen LogP contribution in [0, 0.1) is 5.82 Å². The fourth-order valence-electron chi connectivity index (χ4n) is 3.87. The number of hydrogen-bond acceptors (Lipinski definition) is 2. The summed E-state index contributed by atoms with van der Waals surface area (Å²) < 4.78 is 19.1. The molecule has 2 aliphatic rings. The van der Waals surface area contributed by atoms with E-state index in [0.717, 1.165) is 11.3 Å². The molecule has 2 aromatic carbocycles. The fraction of sp³-hybridized carbons (Fsp3) is 0.286. The van der Waals surface area contributed by atoms with Crippen molar-refractivity contribution in [3.8, 4) is 5.75 Å². The number of carbonyl (C=O) groups excluding carboxylic acids is 1. The topological polar surface area (TPSA) is 38.3 Å². The highest BCUT2D eigenvalue weighted by Crippen LogP contribution is 2.40. The van der Waals surface area contributed by atoms with E-state index in [1.165, 1.54) is 43.4 Å². The number of nitrogens with one attached hydrogen (secondary N) is 1. The van der Waals surface area contributed by atoms with Crippen LogP contribution in [-0.2, 0) is 4.79 Å². The molecule has 0 radical (unpaired) electrons. The van der Waals surface area contributed by atoms with Gasteiger partial charge in [0.15, 0.2) is 0 Å². The van der Waals surface area contributed by atoms with Crippen LogP contribution in [0.15, 0.2) is 36.4 Å². The van der Waals surface area contributed by atoms with Crippen molar-refractivity contribution in [3.63, 3.8) is 0 Å². The number of ether oxygens (including phenoxy) is 1. The zero-order chi connectivity index (χ0) is 17.4. The van der Waals surface area contributed by atoms with E-state index in [-0.39, 0.29) is 11.7 Å². The Morgan fingerprint density at radius 2 is 1.96 bits per heavy atom. The Kier molecular flexibility index (Phi) is 4.04. The number of hydrogen-bond donors (Lipinski definition) is 1. The van der Waals surface area contributed by atoms with Gasteiger partial charge in [0.05, 0.1) is 7.11 Å². The number of benzene rings is 2. The van der Waals surface area contributed by atoms with Crippen LogP contribution < -0.4 is 10.1 Å². The number of carbonyl (C=O) groups is 1. The maximum absolute atomic E-state index is 13.6. The first kappa shape index (κ1) is 15.9. The second-order valence-corrected chi connectivity index (χ2v) is 6.68. The standard InChI is InChI=1S/C21H20FNO2/c1-25-20-9-6-13(10-16(20)14-4-2-3-5-14)11-18-17-12-15(22)7-8-19(17)23-21(18)24/h6-12,14H,2-5H2,1H3,(H,23,24)/b18-11+. The highest BCUT2D eigenvalue weighted by molar-refractivity contribution is 6.34. The van der Waals surface area contributed by atoms with E-state index < -0.39 is 0 Å². The lowest BCUT2D eigenvalue weighted by Crippen LogP contribution is -2.03. The van der Waals surface area contributed by atoms with Gasteiger partial charge in [0, 0.05) is 16.8 Å². The van der Waals surface area contributed by atoms with E-state index in [4.69, 9.17) is 4.74 Å². The molecule has 0 aromatic heterocycles. The maximum atomic E-state index is 13.6. The van der Waals surface area contributed by atoms with E-state index in [1.54, 1.807) is 13.2 Å². The van der Waals surface area contributed by atoms with E-state index in [2.05, 4.69) is 11.4 Å². The molecular formula is C21H20FNO2. The lowest BCUT2D eigenvalue weighted by atomic mass is 9.94. The molecule has 1 aliphatic heterocycles. The van der Waals surface area contributed by atoms with Crippen molar-refractivity contribution in [1.82, 2.24) is 0 Å². The van der Waals surface area contributed by atoms with Crippen LogP contribution in [0.25, 0.3) is 11.6 Å². The van der Waals surface area contributed by atoms with Gasteiger partial charge in [-0.05, 0) is 66.3 Å². The number of anilines is 1. The van der Waals surface area contributed by atoms with E-state index in [9.17, 15) is 9.18 Å². The third kappa shape index (κ3) is 2.93. The SMILES string of the molecule is COc1ccc(/C=C2/C(=O)Nc3ccc(F)cc32)cc1C1CCCC1. The zero-order valence-electron chi connectivity index (χ0n) is 14.1. The highest BCUT2D eigenvalue weighted by Gasteiger charge is 2.25. The Balaban J connectivity index is 1.76. The predicted molar refractivity (Wildman–Crippen MR) is 97.1 cm³/mol. The molecule has 25 heavy (non-hydrogen) atoms. The van der Waals surface area contributed by atoms with Gasteiger partial charge in [-0.1, -0.05) is 18.9 Å². The predicted octanol–water partition coefficient (Wildman–Crippen LogP) is 4.98. The molecule has 1 N–H and O–H groups in total. The summed E-state index contributed by atoms with van der Waals surface area (Å²) in [7, 11) is 1.69. The van der Waals surface area contributed by atoms with Gasteiger partial charge in [-0.15, -0.1) is 0 Å². The first-order valence-corrected chi connectivity index (χ1v) is 8.66. The molecule has 4 heteroatoms. The summed E-state index contributed by atoms with van der Waals surface area (Å²) in [6.07, 6.45) is 6.66. The molecule has 128 valence electrons. The summed E-state index contributed by atoms with van der Waals surface area (Å²) in [6, 6.07) is 10.4. The maximum Gasteiger partial charge on any atom is 0.256 e. The van der Waals surface area contributed by atoms with Crippen molar-refractivity contribution in [2.24, 2.45) is 0 Å². The van der Waals surface area contributed by atoms with E-state index in [0.29, 0.717) is 22.7 Å². The molecule has 1 heterocycles. The zero-order valence-corrected chi connectivity index (χ0v) is 14.1. The van der Waals surface area contributed by atoms with Gasteiger partial charge in [-0.2, -0.15) is 0 Å². The van der Waals surface area contributed by atoms with Gasteiger partial charge >= 0.3 is 0 Å². The Labute approximate surface area is 146 Å². The minimum atomic E-state index is -0.345. The summed E-state index contributed by atoms with van der Waals surface area (Å²) in [5.74, 6) is 0.869. The van der Waals surface area contributed by atoms with Gasteiger partial charge in [0.1, 0.15) is 11.6 Å². The fourth-order valence-corrected chi connectivity index (χ4v) is 3.87. The summed E-state index contributed by atoms with van der Waals surface area (Å²) in [5, 5.41) is 2.79. The third-order valence-electron chi connectivity index (χ3n) is 5.12. The largest absolute Gasteiger partial charge is 0.496 e. The normalized spacial score (nSPS) is 18.5. The molecule has 1 aliphatic carbocycles. The van der Waals surface area contributed by atoms with Crippen molar-refractivity contribution in [2.75, 3.05) is 12.4 Å². The van der Waals surface area contributed by atoms with Gasteiger partial charge in [-0.25, -0.2) is 4.39 Å². The highest BCUT2D eigenvalue weighted by atomic mass is 19.1. The molecule has 1 amide bonds. The molecule has 0 atom stereocenters. The number of rotatable bonds is 3. The van der Waals surface area contributed by atoms with Gasteiger partial charge in [0.2, 0.25) is 0 Å². The van der Waals surface area contributed by atoms with Crippen molar-refractivity contribution >= 4 is 23.2 Å². The van der Waals surface area contributed by atoms with Gasteiger partial charge in [0.25, 0.3) is 5.91 Å². The number of fused-ring (bicyclic) bond motifs is 1.